The Balaban J connectivity index is 1.60. The number of aromatic nitrogens is 2. The Bertz CT molecular complexity index is 922. The average Bonchev–Trinajstić information content (AvgIpc) is 3.17. The van der Waals surface area contributed by atoms with Crippen LogP contribution in [0.4, 0.5) is 5.69 Å². The number of amides is 1. The molecule has 2 aromatic carbocycles. The zero-order valence-corrected chi connectivity index (χ0v) is 16.3. The van der Waals surface area contributed by atoms with Crippen molar-refractivity contribution in [3.8, 4) is 17.2 Å². The monoisotopic (exact) mass is 383 g/mol. The molecular formula is C20H21N3O3S. The van der Waals surface area contributed by atoms with E-state index in [4.69, 9.17) is 9.15 Å². The lowest BCUT2D eigenvalue weighted by Crippen LogP contribution is -2.16. The van der Waals surface area contributed by atoms with Crippen LogP contribution in [0.1, 0.15) is 18.1 Å². The number of rotatable bonds is 7. The summed E-state index contributed by atoms with van der Waals surface area (Å²) in [5, 5.41) is 11.4. The van der Waals surface area contributed by atoms with Gasteiger partial charge in [0, 0.05) is 11.3 Å². The molecule has 0 fully saturated rings. The zero-order valence-electron chi connectivity index (χ0n) is 15.5. The average molecular weight is 383 g/mol. The molecule has 0 radical (unpaired) electrons. The van der Waals surface area contributed by atoms with E-state index in [2.05, 4.69) is 22.4 Å². The molecule has 0 aliphatic rings. The van der Waals surface area contributed by atoms with Gasteiger partial charge in [-0.3, -0.25) is 4.79 Å². The Morgan fingerprint density at radius 2 is 1.96 bits per heavy atom. The molecule has 7 heteroatoms. The van der Waals surface area contributed by atoms with Crippen molar-refractivity contribution in [1.82, 2.24) is 10.2 Å². The lowest BCUT2D eigenvalue weighted by molar-refractivity contribution is -0.113. The van der Waals surface area contributed by atoms with Gasteiger partial charge in [0.25, 0.3) is 5.22 Å². The van der Waals surface area contributed by atoms with E-state index in [0.717, 1.165) is 34.5 Å². The Morgan fingerprint density at radius 3 is 2.67 bits per heavy atom. The summed E-state index contributed by atoms with van der Waals surface area (Å²) in [4.78, 5) is 12.3. The summed E-state index contributed by atoms with van der Waals surface area (Å²) in [6.45, 7) is 4.05. The lowest BCUT2D eigenvalue weighted by Gasteiger charge is -2.12. The molecule has 1 amide bonds. The highest BCUT2D eigenvalue weighted by Gasteiger charge is 2.13. The maximum atomic E-state index is 12.3. The zero-order chi connectivity index (χ0) is 19.2. The van der Waals surface area contributed by atoms with Crippen molar-refractivity contribution in [3.63, 3.8) is 0 Å². The van der Waals surface area contributed by atoms with Crippen LogP contribution in [-0.2, 0) is 11.2 Å². The number of methoxy groups -OCH3 is 1. The second-order valence-electron chi connectivity index (χ2n) is 5.90. The minimum absolute atomic E-state index is 0.104. The molecule has 1 N–H and O–H groups in total. The highest BCUT2D eigenvalue weighted by atomic mass is 32.2. The van der Waals surface area contributed by atoms with Gasteiger partial charge in [-0.15, -0.1) is 10.2 Å². The minimum Gasteiger partial charge on any atom is -0.497 e. The van der Waals surface area contributed by atoms with Crippen molar-refractivity contribution in [2.75, 3.05) is 18.2 Å². The van der Waals surface area contributed by atoms with Crippen LogP contribution in [0.3, 0.4) is 0 Å². The van der Waals surface area contributed by atoms with Crippen LogP contribution in [-0.4, -0.2) is 29.0 Å². The number of nitrogens with one attached hydrogen (secondary N) is 1. The Hall–Kier alpha value is -2.80. The SMILES string of the molecule is CCc1cccc(C)c1NC(=O)CSc1nnc(-c2ccc(OC)cc2)o1. The van der Waals surface area contributed by atoms with Gasteiger partial charge in [-0.05, 0) is 48.7 Å². The van der Waals surface area contributed by atoms with E-state index in [-0.39, 0.29) is 11.7 Å². The summed E-state index contributed by atoms with van der Waals surface area (Å²) in [5.41, 5.74) is 3.85. The highest BCUT2D eigenvalue weighted by molar-refractivity contribution is 7.99. The van der Waals surface area contributed by atoms with Crippen molar-refractivity contribution in [2.45, 2.75) is 25.5 Å². The van der Waals surface area contributed by atoms with Crippen molar-refractivity contribution >= 4 is 23.4 Å². The third-order valence-electron chi connectivity index (χ3n) is 4.07. The van der Waals surface area contributed by atoms with Gasteiger partial charge in [-0.2, -0.15) is 0 Å². The maximum Gasteiger partial charge on any atom is 0.277 e. The predicted molar refractivity (Wildman–Crippen MR) is 106 cm³/mol. The number of benzene rings is 2. The van der Waals surface area contributed by atoms with Crippen LogP contribution in [0.25, 0.3) is 11.5 Å². The van der Waals surface area contributed by atoms with Crippen molar-refractivity contribution in [2.24, 2.45) is 0 Å². The summed E-state index contributed by atoms with van der Waals surface area (Å²) in [7, 11) is 1.61. The van der Waals surface area contributed by atoms with E-state index >= 15 is 0 Å². The Kier molecular flexibility index (Phi) is 6.13. The number of aryl methyl sites for hydroxylation is 2. The second kappa shape index (κ2) is 8.73. The van der Waals surface area contributed by atoms with Crippen molar-refractivity contribution in [1.29, 1.82) is 0 Å². The summed E-state index contributed by atoms with van der Waals surface area (Å²) >= 11 is 1.21. The molecule has 140 valence electrons. The number of hydrogen-bond acceptors (Lipinski definition) is 6. The van der Waals surface area contributed by atoms with Crippen LogP contribution in [0.15, 0.2) is 52.1 Å². The predicted octanol–water partition coefficient (Wildman–Crippen LogP) is 4.35. The highest BCUT2D eigenvalue weighted by Crippen LogP contribution is 2.26. The second-order valence-corrected chi connectivity index (χ2v) is 6.83. The third-order valence-corrected chi connectivity index (χ3v) is 4.89. The van der Waals surface area contributed by atoms with Crippen molar-refractivity contribution < 1.29 is 13.9 Å². The molecule has 0 saturated heterocycles. The molecule has 0 aliphatic heterocycles. The van der Waals surface area contributed by atoms with Crippen LogP contribution in [0.5, 0.6) is 5.75 Å². The first-order chi connectivity index (χ1) is 13.1. The first kappa shape index (κ1) is 19.0. The lowest BCUT2D eigenvalue weighted by atomic mass is 10.1. The molecule has 27 heavy (non-hydrogen) atoms. The number of thioether (sulfide) groups is 1. The maximum absolute atomic E-state index is 12.3. The molecule has 0 bridgehead atoms. The number of hydrogen-bond donors (Lipinski definition) is 1. The normalized spacial score (nSPS) is 10.6. The van der Waals surface area contributed by atoms with Gasteiger partial charge >= 0.3 is 0 Å². The standard InChI is InChI=1S/C20H21N3O3S/c1-4-14-7-5-6-13(2)18(14)21-17(24)12-27-20-23-22-19(26-20)15-8-10-16(25-3)11-9-15/h5-11H,4,12H2,1-3H3,(H,21,24). The van der Waals surface area contributed by atoms with Crippen LogP contribution in [0, 0.1) is 6.92 Å². The summed E-state index contributed by atoms with van der Waals surface area (Å²) < 4.78 is 10.8. The van der Waals surface area contributed by atoms with Gasteiger partial charge in [-0.1, -0.05) is 36.9 Å². The van der Waals surface area contributed by atoms with Gasteiger partial charge in [0.2, 0.25) is 11.8 Å². The molecule has 0 aliphatic carbocycles. The van der Waals surface area contributed by atoms with E-state index in [1.54, 1.807) is 7.11 Å². The van der Waals surface area contributed by atoms with E-state index in [1.165, 1.54) is 11.8 Å². The fraction of sp³-hybridized carbons (Fsp3) is 0.250. The van der Waals surface area contributed by atoms with Gasteiger partial charge in [0.1, 0.15) is 5.75 Å². The first-order valence-electron chi connectivity index (χ1n) is 8.59. The fourth-order valence-corrected chi connectivity index (χ4v) is 3.19. The molecule has 1 aromatic heterocycles. The topological polar surface area (TPSA) is 77.2 Å². The van der Waals surface area contributed by atoms with Gasteiger partial charge in [0.15, 0.2) is 0 Å². The number of nitrogens with zero attached hydrogens (tertiary/aromatic N) is 2. The molecule has 0 unspecified atom stereocenters. The first-order valence-corrected chi connectivity index (χ1v) is 9.58. The third kappa shape index (κ3) is 4.68. The van der Waals surface area contributed by atoms with E-state index in [9.17, 15) is 4.79 Å². The van der Waals surface area contributed by atoms with Gasteiger partial charge in [0.05, 0.1) is 12.9 Å². The summed E-state index contributed by atoms with van der Waals surface area (Å²) in [6, 6.07) is 13.4. The van der Waals surface area contributed by atoms with Crippen LogP contribution in [0.2, 0.25) is 0 Å². The van der Waals surface area contributed by atoms with E-state index < -0.39 is 0 Å². The number of carbonyl (C=O) groups excluding carboxylic acids is 1. The number of ether oxygens (including phenoxy) is 1. The molecule has 3 aromatic rings. The van der Waals surface area contributed by atoms with Crippen molar-refractivity contribution in [3.05, 3.63) is 53.6 Å². The number of carbonyl (C=O) groups is 1. The van der Waals surface area contributed by atoms with Crippen LogP contribution >= 0.6 is 11.8 Å². The Labute approximate surface area is 162 Å². The molecule has 3 rings (SSSR count). The fourth-order valence-electron chi connectivity index (χ4n) is 2.62. The molecule has 1 heterocycles. The number of para-hydroxylation sites is 1. The molecule has 0 saturated carbocycles. The molecular weight excluding hydrogens is 362 g/mol. The van der Waals surface area contributed by atoms with Crippen LogP contribution < -0.4 is 10.1 Å². The van der Waals surface area contributed by atoms with Gasteiger partial charge < -0.3 is 14.5 Å². The number of anilines is 1. The summed E-state index contributed by atoms with van der Waals surface area (Å²) in [5.74, 6) is 1.26. The van der Waals surface area contributed by atoms with E-state index in [0.29, 0.717) is 11.1 Å². The minimum atomic E-state index is -0.104. The summed E-state index contributed by atoms with van der Waals surface area (Å²) in [6.07, 6.45) is 0.860. The largest absolute Gasteiger partial charge is 0.497 e. The van der Waals surface area contributed by atoms with E-state index in [1.807, 2.05) is 49.4 Å². The molecule has 6 nitrogen and oxygen atoms in total. The van der Waals surface area contributed by atoms with Gasteiger partial charge in [-0.25, -0.2) is 0 Å². The quantitative estimate of drug-likeness (QED) is 0.611. The molecule has 0 spiro atoms. The smallest absolute Gasteiger partial charge is 0.277 e. The molecule has 0 atom stereocenters. The Morgan fingerprint density at radius 1 is 1.19 bits per heavy atom.